The van der Waals surface area contributed by atoms with Gasteiger partial charge in [0, 0.05) is 30.9 Å². The third kappa shape index (κ3) is 4.78. The van der Waals surface area contributed by atoms with Crippen LogP contribution in [0.2, 0.25) is 0 Å². The standard InChI is InChI=1S/C26H23F2N5O3/c1-3-33-24(29)22(26(36)30-2)23(35)19-8-9-20(32-25(19)33)15-6-4-14(5-7-15)10-21(34)31-18-12-16(27)11-17(28)13-18/h4-9,11-13H,3,10,29H2,1-2H3,(H,30,36)(H,31,34). The first-order valence-electron chi connectivity index (χ1n) is 11.1. The molecule has 0 spiro atoms. The summed E-state index contributed by atoms with van der Waals surface area (Å²) in [7, 11) is 1.43. The molecule has 0 radical (unpaired) electrons. The molecule has 2 amide bonds. The number of halogens is 2. The number of benzene rings is 2. The highest BCUT2D eigenvalue weighted by Crippen LogP contribution is 2.23. The number of fused-ring (bicyclic) bond motifs is 1. The van der Waals surface area contributed by atoms with Crippen molar-refractivity contribution in [1.82, 2.24) is 14.9 Å². The maximum absolute atomic E-state index is 13.3. The number of rotatable bonds is 6. The number of anilines is 2. The van der Waals surface area contributed by atoms with Gasteiger partial charge in [0.05, 0.1) is 17.5 Å². The zero-order valence-corrected chi connectivity index (χ0v) is 19.6. The highest BCUT2D eigenvalue weighted by atomic mass is 19.1. The summed E-state index contributed by atoms with van der Waals surface area (Å²) in [5, 5.41) is 5.19. The van der Waals surface area contributed by atoms with Crippen LogP contribution < -0.4 is 21.8 Å². The Morgan fingerprint density at radius 3 is 2.31 bits per heavy atom. The van der Waals surface area contributed by atoms with Crippen molar-refractivity contribution in [3.63, 3.8) is 0 Å². The van der Waals surface area contributed by atoms with E-state index in [1.165, 1.54) is 7.05 Å². The van der Waals surface area contributed by atoms with Crippen LogP contribution >= 0.6 is 0 Å². The largest absolute Gasteiger partial charge is 0.384 e. The SMILES string of the molecule is CCn1c(N)c(C(=O)NC)c(=O)c2ccc(-c3ccc(CC(=O)Nc4cc(F)cc(F)c4)cc3)nc21. The Morgan fingerprint density at radius 1 is 1.03 bits per heavy atom. The number of nitrogens with zero attached hydrogens (tertiary/aromatic N) is 2. The number of nitrogens with two attached hydrogens (primary N) is 1. The molecule has 0 unspecified atom stereocenters. The molecule has 4 aromatic rings. The Labute approximate surface area is 204 Å². The van der Waals surface area contributed by atoms with Crippen molar-refractivity contribution in [3.8, 4) is 11.3 Å². The molecule has 0 aliphatic carbocycles. The van der Waals surface area contributed by atoms with Gasteiger partial charge >= 0.3 is 0 Å². The number of hydrogen-bond acceptors (Lipinski definition) is 5. The zero-order valence-electron chi connectivity index (χ0n) is 19.6. The summed E-state index contributed by atoms with van der Waals surface area (Å²) in [6.07, 6.45) is -0.00224. The lowest BCUT2D eigenvalue weighted by Crippen LogP contribution is -2.30. The van der Waals surface area contributed by atoms with E-state index < -0.39 is 28.9 Å². The monoisotopic (exact) mass is 491 g/mol. The third-order valence-electron chi connectivity index (χ3n) is 5.68. The second-order valence-electron chi connectivity index (χ2n) is 8.06. The normalized spacial score (nSPS) is 10.9. The molecule has 0 bridgehead atoms. The molecule has 0 fully saturated rings. The highest BCUT2D eigenvalue weighted by molar-refractivity contribution is 6.01. The number of nitrogen functional groups attached to an aromatic ring is 1. The number of aromatic nitrogens is 2. The predicted molar refractivity (Wildman–Crippen MR) is 134 cm³/mol. The minimum Gasteiger partial charge on any atom is -0.384 e. The molecule has 4 N–H and O–H groups in total. The van der Waals surface area contributed by atoms with Crippen LogP contribution in [0.5, 0.6) is 0 Å². The summed E-state index contributed by atoms with van der Waals surface area (Å²) in [5.74, 6) is -2.51. The lowest BCUT2D eigenvalue weighted by molar-refractivity contribution is -0.115. The van der Waals surface area contributed by atoms with Gasteiger partial charge < -0.3 is 20.9 Å². The Morgan fingerprint density at radius 2 is 1.69 bits per heavy atom. The molecular weight excluding hydrogens is 468 g/mol. The van der Waals surface area contributed by atoms with Crippen molar-refractivity contribution < 1.29 is 18.4 Å². The molecule has 36 heavy (non-hydrogen) atoms. The van der Waals surface area contributed by atoms with E-state index in [1.807, 2.05) is 6.92 Å². The number of carbonyl (C=O) groups excluding carboxylic acids is 2. The Bertz CT molecular complexity index is 1530. The van der Waals surface area contributed by atoms with Gasteiger partial charge in [-0.3, -0.25) is 14.4 Å². The van der Waals surface area contributed by atoms with Gasteiger partial charge in [0.2, 0.25) is 11.3 Å². The lowest BCUT2D eigenvalue weighted by atomic mass is 10.1. The Kier molecular flexibility index (Phi) is 6.77. The van der Waals surface area contributed by atoms with Gasteiger partial charge in [-0.25, -0.2) is 13.8 Å². The van der Waals surface area contributed by atoms with E-state index in [0.717, 1.165) is 23.8 Å². The van der Waals surface area contributed by atoms with Crippen LogP contribution in [0.25, 0.3) is 22.3 Å². The highest BCUT2D eigenvalue weighted by Gasteiger charge is 2.20. The maximum atomic E-state index is 13.3. The van der Waals surface area contributed by atoms with E-state index in [2.05, 4.69) is 15.6 Å². The van der Waals surface area contributed by atoms with Gasteiger partial charge in [-0.05, 0) is 36.8 Å². The van der Waals surface area contributed by atoms with Crippen LogP contribution in [-0.4, -0.2) is 28.4 Å². The van der Waals surface area contributed by atoms with Crippen molar-refractivity contribution in [2.75, 3.05) is 18.1 Å². The number of hydrogen-bond donors (Lipinski definition) is 3. The molecule has 2 aromatic carbocycles. The molecule has 10 heteroatoms. The molecule has 4 rings (SSSR count). The average Bonchev–Trinajstić information content (AvgIpc) is 2.83. The van der Waals surface area contributed by atoms with E-state index in [-0.39, 0.29) is 28.9 Å². The maximum Gasteiger partial charge on any atom is 0.258 e. The molecule has 8 nitrogen and oxygen atoms in total. The number of nitrogens with one attached hydrogen (secondary N) is 2. The minimum absolute atomic E-state index is 0.00224. The predicted octanol–water partition coefficient (Wildman–Crippen LogP) is 3.48. The van der Waals surface area contributed by atoms with Crippen molar-refractivity contribution in [3.05, 3.63) is 87.6 Å². The average molecular weight is 491 g/mol. The quantitative estimate of drug-likeness (QED) is 0.382. The van der Waals surface area contributed by atoms with Crippen LogP contribution in [0.1, 0.15) is 22.8 Å². The molecule has 184 valence electrons. The molecule has 0 atom stereocenters. The first kappa shape index (κ1) is 24.5. The van der Waals surface area contributed by atoms with Gasteiger partial charge in [-0.2, -0.15) is 0 Å². The number of pyridine rings is 2. The van der Waals surface area contributed by atoms with E-state index in [0.29, 0.717) is 23.4 Å². The summed E-state index contributed by atoms with van der Waals surface area (Å²) >= 11 is 0. The first-order valence-corrected chi connectivity index (χ1v) is 11.1. The molecule has 0 aliphatic heterocycles. The number of amides is 2. The van der Waals surface area contributed by atoms with Crippen molar-refractivity contribution in [1.29, 1.82) is 0 Å². The van der Waals surface area contributed by atoms with Crippen molar-refractivity contribution in [2.45, 2.75) is 19.9 Å². The van der Waals surface area contributed by atoms with Crippen molar-refractivity contribution >= 4 is 34.4 Å². The fraction of sp³-hybridized carbons (Fsp3) is 0.154. The van der Waals surface area contributed by atoms with Gasteiger partial charge in [-0.15, -0.1) is 0 Å². The van der Waals surface area contributed by atoms with E-state index in [9.17, 15) is 23.2 Å². The molecule has 0 saturated carbocycles. The van der Waals surface area contributed by atoms with Gasteiger partial charge in [0.25, 0.3) is 5.91 Å². The fourth-order valence-electron chi connectivity index (χ4n) is 3.97. The van der Waals surface area contributed by atoms with Crippen LogP contribution in [0.4, 0.5) is 20.3 Å². The minimum atomic E-state index is -0.780. The van der Waals surface area contributed by atoms with Crippen molar-refractivity contribution in [2.24, 2.45) is 0 Å². The Hall–Kier alpha value is -4.60. The lowest BCUT2D eigenvalue weighted by Gasteiger charge is -2.15. The fourth-order valence-corrected chi connectivity index (χ4v) is 3.97. The van der Waals surface area contributed by atoms with Gasteiger partial charge in [-0.1, -0.05) is 24.3 Å². The van der Waals surface area contributed by atoms with Crippen LogP contribution in [0, 0.1) is 11.6 Å². The van der Waals surface area contributed by atoms with Crippen LogP contribution in [-0.2, 0) is 17.8 Å². The summed E-state index contributed by atoms with van der Waals surface area (Å²) in [5.41, 5.74) is 7.91. The second kappa shape index (κ2) is 9.95. The molecule has 2 heterocycles. The second-order valence-corrected chi connectivity index (χ2v) is 8.06. The Balaban J connectivity index is 1.60. The molecular formula is C26H23F2N5O3. The zero-order chi connectivity index (χ0) is 26.0. The third-order valence-corrected chi connectivity index (χ3v) is 5.68. The molecule has 0 saturated heterocycles. The molecule has 0 aliphatic rings. The van der Waals surface area contributed by atoms with Gasteiger partial charge in [0.1, 0.15) is 28.7 Å². The van der Waals surface area contributed by atoms with E-state index in [1.54, 1.807) is 41.0 Å². The topological polar surface area (TPSA) is 119 Å². The summed E-state index contributed by atoms with van der Waals surface area (Å²) in [6.45, 7) is 2.23. The summed E-state index contributed by atoms with van der Waals surface area (Å²) in [4.78, 5) is 42.0. The number of aryl methyl sites for hydroxylation is 1. The smallest absolute Gasteiger partial charge is 0.258 e. The van der Waals surface area contributed by atoms with E-state index >= 15 is 0 Å². The summed E-state index contributed by atoms with van der Waals surface area (Å²) < 4.78 is 28.3. The molecule has 2 aromatic heterocycles. The summed E-state index contributed by atoms with van der Waals surface area (Å²) in [6, 6.07) is 13.1. The van der Waals surface area contributed by atoms with E-state index in [4.69, 9.17) is 5.73 Å². The van der Waals surface area contributed by atoms with Gasteiger partial charge in [0.15, 0.2) is 0 Å². The van der Waals surface area contributed by atoms with Crippen LogP contribution in [0.15, 0.2) is 59.4 Å². The number of carbonyl (C=O) groups is 2. The first-order chi connectivity index (χ1) is 17.2. The van der Waals surface area contributed by atoms with Crippen LogP contribution in [0.3, 0.4) is 0 Å².